The van der Waals surface area contributed by atoms with Gasteiger partial charge in [0.2, 0.25) is 11.8 Å². The molecule has 2 aliphatic heterocycles. The molecule has 100 valence electrons. The Morgan fingerprint density at radius 1 is 1.00 bits per heavy atom. The number of carbonyl (C=O) groups excluding carboxylic acids is 2. The lowest BCUT2D eigenvalue weighted by molar-refractivity contribution is -0.144. The first-order chi connectivity index (χ1) is 9.24. The normalized spacial score (nSPS) is 19.5. The fraction of sp³-hybridized carbons (Fsp3) is 0.467. The molecule has 2 heterocycles. The number of hydrogen-bond donors (Lipinski definition) is 1. The number of amides is 2. The molecule has 4 nitrogen and oxygen atoms in total. The Hall–Kier alpha value is -1.68. The molecule has 0 bridgehead atoms. The zero-order valence-electron chi connectivity index (χ0n) is 10.9. The summed E-state index contributed by atoms with van der Waals surface area (Å²) in [6.07, 6.45) is 2.65. The lowest BCUT2D eigenvalue weighted by Crippen LogP contribution is -2.34. The molecular weight excluding hydrogens is 240 g/mol. The van der Waals surface area contributed by atoms with Crippen molar-refractivity contribution in [2.75, 3.05) is 0 Å². The van der Waals surface area contributed by atoms with Crippen LogP contribution < -0.4 is 5.32 Å². The van der Waals surface area contributed by atoms with Crippen molar-refractivity contribution in [2.24, 2.45) is 0 Å². The van der Waals surface area contributed by atoms with Gasteiger partial charge in [0.1, 0.15) is 0 Å². The van der Waals surface area contributed by atoms with E-state index in [0.29, 0.717) is 19.4 Å². The molecule has 4 heteroatoms. The number of imide groups is 1. The van der Waals surface area contributed by atoms with E-state index in [-0.39, 0.29) is 11.8 Å². The maximum Gasteiger partial charge on any atom is 0.229 e. The first-order valence-corrected chi connectivity index (χ1v) is 6.88. The lowest BCUT2D eigenvalue weighted by Gasteiger charge is -2.19. The second-order valence-corrected chi connectivity index (χ2v) is 5.29. The molecule has 1 aromatic rings. The number of carbonyl (C=O) groups is 2. The van der Waals surface area contributed by atoms with Gasteiger partial charge in [0.15, 0.2) is 0 Å². The minimum atomic E-state index is -0.0267. The van der Waals surface area contributed by atoms with Crippen LogP contribution in [0.4, 0.5) is 0 Å². The summed E-state index contributed by atoms with van der Waals surface area (Å²) in [7, 11) is 0. The van der Waals surface area contributed by atoms with Gasteiger partial charge in [-0.05, 0) is 29.5 Å². The predicted molar refractivity (Wildman–Crippen MR) is 71.0 cm³/mol. The van der Waals surface area contributed by atoms with E-state index in [1.165, 1.54) is 16.0 Å². The quantitative estimate of drug-likeness (QED) is 0.822. The summed E-state index contributed by atoms with van der Waals surface area (Å²) < 4.78 is 0. The molecule has 0 radical (unpaired) electrons. The van der Waals surface area contributed by atoms with Gasteiger partial charge in [-0.25, -0.2) is 0 Å². The molecule has 2 aliphatic rings. The van der Waals surface area contributed by atoms with Crippen molar-refractivity contribution in [3.05, 3.63) is 34.9 Å². The van der Waals surface area contributed by atoms with Crippen LogP contribution in [0.15, 0.2) is 18.2 Å². The molecule has 0 aliphatic carbocycles. The number of fused-ring (bicyclic) bond motifs is 1. The van der Waals surface area contributed by atoms with Crippen molar-refractivity contribution in [3.63, 3.8) is 0 Å². The summed E-state index contributed by atoms with van der Waals surface area (Å²) in [6, 6.07) is 6.23. The smallest absolute Gasteiger partial charge is 0.229 e. The standard InChI is InChI=1S/C15H18N2O2/c18-14-3-1-2-4-15(19)17(14)10-11-5-6-12-8-16-9-13(12)7-11/h5-7,16H,1-4,8-10H2. The van der Waals surface area contributed by atoms with Crippen molar-refractivity contribution in [2.45, 2.75) is 45.3 Å². The summed E-state index contributed by atoms with van der Waals surface area (Å²) in [5.74, 6) is -0.0535. The maximum atomic E-state index is 12.0. The number of rotatable bonds is 2. The first kappa shape index (κ1) is 12.4. The number of benzene rings is 1. The third-order valence-electron chi connectivity index (χ3n) is 3.88. The van der Waals surface area contributed by atoms with Gasteiger partial charge in [0.25, 0.3) is 0 Å². The van der Waals surface area contributed by atoms with Gasteiger partial charge >= 0.3 is 0 Å². The van der Waals surface area contributed by atoms with Gasteiger partial charge in [-0.2, -0.15) is 0 Å². The Morgan fingerprint density at radius 2 is 1.68 bits per heavy atom. The highest BCUT2D eigenvalue weighted by Gasteiger charge is 2.24. The molecule has 19 heavy (non-hydrogen) atoms. The average Bonchev–Trinajstić information content (AvgIpc) is 2.81. The van der Waals surface area contributed by atoms with Gasteiger partial charge in [-0.1, -0.05) is 18.2 Å². The number of hydrogen-bond acceptors (Lipinski definition) is 3. The lowest BCUT2D eigenvalue weighted by atomic mass is 10.1. The van der Waals surface area contributed by atoms with E-state index in [1.807, 2.05) is 6.07 Å². The first-order valence-electron chi connectivity index (χ1n) is 6.88. The Balaban J connectivity index is 1.79. The second-order valence-electron chi connectivity index (χ2n) is 5.29. The molecule has 3 rings (SSSR count). The molecule has 1 aromatic carbocycles. The number of nitrogens with one attached hydrogen (secondary N) is 1. The summed E-state index contributed by atoms with van der Waals surface area (Å²) in [4.78, 5) is 25.3. The molecule has 0 spiro atoms. The van der Waals surface area contributed by atoms with E-state index in [0.717, 1.165) is 31.5 Å². The fourth-order valence-electron chi connectivity index (χ4n) is 2.77. The van der Waals surface area contributed by atoms with Crippen molar-refractivity contribution in [1.82, 2.24) is 10.2 Å². The summed E-state index contributed by atoms with van der Waals surface area (Å²) >= 11 is 0. The Bertz CT molecular complexity index is 507. The molecule has 0 atom stereocenters. The zero-order valence-corrected chi connectivity index (χ0v) is 10.9. The molecule has 1 saturated heterocycles. The summed E-state index contributed by atoms with van der Waals surface area (Å²) in [5.41, 5.74) is 3.65. The van der Waals surface area contributed by atoms with Crippen LogP contribution >= 0.6 is 0 Å². The van der Waals surface area contributed by atoms with E-state index in [1.54, 1.807) is 0 Å². The van der Waals surface area contributed by atoms with Crippen molar-refractivity contribution in [1.29, 1.82) is 0 Å². The topological polar surface area (TPSA) is 49.4 Å². The Labute approximate surface area is 112 Å². The monoisotopic (exact) mass is 258 g/mol. The van der Waals surface area contributed by atoms with Crippen LogP contribution in [0.3, 0.4) is 0 Å². The molecule has 0 aromatic heterocycles. The van der Waals surface area contributed by atoms with Crippen molar-refractivity contribution < 1.29 is 9.59 Å². The highest BCUT2D eigenvalue weighted by molar-refractivity contribution is 5.95. The average molecular weight is 258 g/mol. The molecule has 0 unspecified atom stereocenters. The van der Waals surface area contributed by atoms with E-state index in [4.69, 9.17) is 0 Å². The van der Waals surface area contributed by atoms with Crippen LogP contribution in [0.1, 0.15) is 42.4 Å². The maximum absolute atomic E-state index is 12.0. The van der Waals surface area contributed by atoms with Crippen LogP contribution in [0.25, 0.3) is 0 Å². The van der Waals surface area contributed by atoms with Gasteiger partial charge < -0.3 is 5.32 Å². The van der Waals surface area contributed by atoms with Gasteiger partial charge in [0, 0.05) is 25.9 Å². The van der Waals surface area contributed by atoms with Crippen LogP contribution in [0.2, 0.25) is 0 Å². The number of likely N-dealkylation sites (tertiary alicyclic amines) is 1. The summed E-state index contributed by atoms with van der Waals surface area (Å²) in [5, 5.41) is 3.30. The van der Waals surface area contributed by atoms with E-state index >= 15 is 0 Å². The molecule has 0 saturated carbocycles. The van der Waals surface area contributed by atoms with Crippen molar-refractivity contribution in [3.8, 4) is 0 Å². The SMILES string of the molecule is O=C1CCCCC(=O)N1Cc1ccc2c(c1)CNC2. The van der Waals surface area contributed by atoms with Crippen molar-refractivity contribution >= 4 is 11.8 Å². The van der Waals surface area contributed by atoms with Gasteiger partial charge in [0.05, 0.1) is 6.54 Å². The van der Waals surface area contributed by atoms with E-state index in [2.05, 4.69) is 17.4 Å². The largest absolute Gasteiger partial charge is 0.309 e. The van der Waals surface area contributed by atoms with Gasteiger partial charge in [-0.3, -0.25) is 14.5 Å². The highest BCUT2D eigenvalue weighted by Crippen LogP contribution is 2.20. The predicted octanol–water partition coefficient (Wildman–Crippen LogP) is 1.72. The second kappa shape index (κ2) is 5.13. The molecule has 2 amide bonds. The Morgan fingerprint density at radius 3 is 2.42 bits per heavy atom. The molecule has 1 N–H and O–H groups in total. The third kappa shape index (κ3) is 2.54. The minimum absolute atomic E-state index is 0.0267. The zero-order chi connectivity index (χ0) is 13.2. The highest BCUT2D eigenvalue weighted by atomic mass is 16.2. The van der Waals surface area contributed by atoms with Crippen LogP contribution in [0, 0.1) is 0 Å². The minimum Gasteiger partial charge on any atom is -0.309 e. The van der Waals surface area contributed by atoms with E-state index < -0.39 is 0 Å². The Kier molecular flexibility index (Phi) is 3.34. The molecular formula is C15H18N2O2. The fourth-order valence-corrected chi connectivity index (χ4v) is 2.77. The third-order valence-corrected chi connectivity index (χ3v) is 3.88. The van der Waals surface area contributed by atoms with Crippen LogP contribution in [-0.2, 0) is 29.2 Å². The number of nitrogens with zero attached hydrogens (tertiary/aromatic N) is 1. The van der Waals surface area contributed by atoms with Crippen LogP contribution in [-0.4, -0.2) is 16.7 Å². The molecule has 1 fully saturated rings. The van der Waals surface area contributed by atoms with Crippen LogP contribution in [0.5, 0.6) is 0 Å². The summed E-state index contributed by atoms with van der Waals surface area (Å²) in [6.45, 7) is 2.22. The van der Waals surface area contributed by atoms with Gasteiger partial charge in [-0.15, -0.1) is 0 Å². The van der Waals surface area contributed by atoms with E-state index in [9.17, 15) is 9.59 Å².